The minimum Gasteiger partial charge on any atom is -0.586 e. The van der Waals surface area contributed by atoms with Crippen LogP contribution in [0.3, 0.4) is 0 Å². The fourth-order valence-corrected chi connectivity index (χ4v) is 3.07. The molecule has 98 valence electrons. The largest absolute Gasteiger partial charge is 0.586 e. The van der Waals surface area contributed by atoms with Gasteiger partial charge in [0.1, 0.15) is 11.4 Å². The van der Waals surface area contributed by atoms with Crippen LogP contribution in [-0.4, -0.2) is 10.8 Å². The molecule has 1 aromatic rings. The fourth-order valence-electron chi connectivity index (χ4n) is 2.29. The van der Waals surface area contributed by atoms with Crippen LogP contribution in [0.15, 0.2) is 33.6 Å². The van der Waals surface area contributed by atoms with Crippen molar-refractivity contribution in [3.63, 3.8) is 0 Å². The molecule has 0 aromatic heterocycles. The van der Waals surface area contributed by atoms with E-state index in [1.807, 2.05) is 37.4 Å². The van der Waals surface area contributed by atoms with E-state index in [9.17, 15) is 4.55 Å². The number of hydrogen-bond acceptors (Lipinski definition) is 2. The molecule has 0 heterocycles. The average Bonchev–Trinajstić information content (AvgIpc) is 2.38. The minimum absolute atomic E-state index is 0.524. The van der Waals surface area contributed by atoms with Crippen LogP contribution in [0.2, 0.25) is 0 Å². The number of aryl methyl sites for hydroxylation is 1. The van der Waals surface area contributed by atoms with Gasteiger partial charge in [-0.2, -0.15) is 0 Å². The van der Waals surface area contributed by atoms with Crippen LogP contribution in [0, 0.1) is 18.8 Å². The van der Waals surface area contributed by atoms with Gasteiger partial charge in [0.05, 0.1) is 6.21 Å². The van der Waals surface area contributed by atoms with Gasteiger partial charge < -0.3 is 4.55 Å². The summed E-state index contributed by atoms with van der Waals surface area (Å²) in [5.41, 5.74) is 1.18. The van der Waals surface area contributed by atoms with Gasteiger partial charge in [0.15, 0.2) is 4.90 Å². The Labute approximate surface area is 113 Å². The Morgan fingerprint density at radius 1 is 1.17 bits per heavy atom. The summed E-state index contributed by atoms with van der Waals surface area (Å²) < 4.78 is 16.2. The summed E-state index contributed by atoms with van der Waals surface area (Å²) in [6, 6.07) is 7.74. The lowest BCUT2D eigenvalue weighted by molar-refractivity contribution is 0.347. The van der Waals surface area contributed by atoms with Crippen LogP contribution in [0.25, 0.3) is 0 Å². The second-order valence-corrected chi connectivity index (χ2v) is 6.52. The van der Waals surface area contributed by atoms with Crippen LogP contribution in [0.4, 0.5) is 0 Å². The first-order valence-electron chi connectivity index (χ1n) is 6.68. The maximum Gasteiger partial charge on any atom is 0.182 e. The van der Waals surface area contributed by atoms with E-state index < -0.39 is 11.4 Å². The molecule has 1 fully saturated rings. The molecule has 1 aliphatic rings. The zero-order valence-electron chi connectivity index (χ0n) is 11.1. The number of hydrogen-bond donors (Lipinski definition) is 0. The molecule has 1 aliphatic carbocycles. The molecule has 1 atom stereocenters. The van der Waals surface area contributed by atoms with E-state index >= 15 is 0 Å². The van der Waals surface area contributed by atoms with Crippen LogP contribution in [-0.2, 0) is 11.4 Å². The Balaban J connectivity index is 1.90. The van der Waals surface area contributed by atoms with Crippen LogP contribution in [0.5, 0.6) is 0 Å². The van der Waals surface area contributed by atoms with E-state index in [-0.39, 0.29) is 0 Å². The normalized spacial score (nSPS) is 26.4. The van der Waals surface area contributed by atoms with Crippen molar-refractivity contribution in [3.8, 4) is 0 Å². The molecular formula is C15H21NOS. The molecule has 1 saturated carbocycles. The molecule has 0 spiro atoms. The second kappa shape index (κ2) is 6.39. The highest BCUT2D eigenvalue weighted by atomic mass is 32.2. The third-order valence-corrected chi connectivity index (χ3v) is 4.64. The van der Waals surface area contributed by atoms with Crippen LogP contribution < -0.4 is 0 Å². The van der Waals surface area contributed by atoms with E-state index in [1.54, 1.807) is 0 Å². The minimum atomic E-state index is -1.23. The molecule has 0 N–H and O–H groups in total. The summed E-state index contributed by atoms with van der Waals surface area (Å²) in [7, 11) is 0. The maximum atomic E-state index is 12.0. The number of benzene rings is 1. The van der Waals surface area contributed by atoms with Gasteiger partial charge in [0.2, 0.25) is 0 Å². The van der Waals surface area contributed by atoms with E-state index in [0.717, 1.165) is 10.8 Å². The lowest BCUT2D eigenvalue weighted by atomic mass is 9.84. The number of rotatable bonds is 3. The molecule has 0 aliphatic heterocycles. The highest BCUT2D eigenvalue weighted by Crippen LogP contribution is 2.27. The Hall–Kier alpha value is -0.800. The lowest BCUT2D eigenvalue weighted by Crippen LogP contribution is -2.14. The number of nitrogens with zero attached hydrogens (tertiary/aromatic N) is 1. The molecule has 1 unspecified atom stereocenters. The summed E-state index contributed by atoms with van der Waals surface area (Å²) >= 11 is -1.23. The van der Waals surface area contributed by atoms with Gasteiger partial charge in [0, 0.05) is 0 Å². The summed E-state index contributed by atoms with van der Waals surface area (Å²) in [6.45, 7) is 4.33. The Morgan fingerprint density at radius 3 is 2.39 bits per heavy atom. The van der Waals surface area contributed by atoms with Crippen LogP contribution in [0.1, 0.15) is 38.2 Å². The third-order valence-electron chi connectivity index (χ3n) is 3.65. The molecule has 0 saturated heterocycles. The topological polar surface area (TPSA) is 35.4 Å². The fraction of sp³-hybridized carbons (Fsp3) is 0.533. The van der Waals surface area contributed by atoms with Crippen LogP contribution >= 0.6 is 0 Å². The average molecular weight is 263 g/mol. The molecule has 0 radical (unpaired) electrons. The van der Waals surface area contributed by atoms with Crippen molar-refractivity contribution in [3.05, 3.63) is 29.8 Å². The Kier molecular flexibility index (Phi) is 4.84. The van der Waals surface area contributed by atoms with Gasteiger partial charge >= 0.3 is 0 Å². The van der Waals surface area contributed by atoms with Crippen molar-refractivity contribution in [2.45, 2.75) is 44.4 Å². The monoisotopic (exact) mass is 263 g/mol. The van der Waals surface area contributed by atoms with Crippen molar-refractivity contribution in [1.29, 1.82) is 0 Å². The van der Waals surface area contributed by atoms with E-state index in [4.69, 9.17) is 0 Å². The van der Waals surface area contributed by atoms with E-state index in [1.165, 1.54) is 31.2 Å². The van der Waals surface area contributed by atoms with Crippen molar-refractivity contribution in [1.82, 2.24) is 0 Å². The molecule has 2 nitrogen and oxygen atoms in total. The maximum absolute atomic E-state index is 12.0. The quantitative estimate of drug-likeness (QED) is 0.601. The zero-order chi connectivity index (χ0) is 13.0. The van der Waals surface area contributed by atoms with Gasteiger partial charge in [-0.05, 0) is 43.7 Å². The summed E-state index contributed by atoms with van der Waals surface area (Å²) in [5.74, 6) is 1.37. The summed E-state index contributed by atoms with van der Waals surface area (Å²) in [6.07, 6.45) is 6.84. The SMILES string of the molecule is Cc1ccc([S+]([O-])/N=C/C2CCC(C)CC2)cc1. The van der Waals surface area contributed by atoms with E-state index in [2.05, 4.69) is 11.3 Å². The standard InChI is InChI=1S/C15H21NOS/c1-12-3-7-14(8-4-12)11-16-18(17)15-9-5-13(2)6-10-15/h5-6,9-12,14H,3-4,7-8H2,1-2H3/b16-11+. The van der Waals surface area contributed by atoms with E-state index in [0.29, 0.717) is 5.92 Å². The highest BCUT2D eigenvalue weighted by Gasteiger charge is 2.18. The first kappa shape index (κ1) is 13.6. The zero-order valence-corrected chi connectivity index (χ0v) is 12.0. The molecule has 18 heavy (non-hydrogen) atoms. The van der Waals surface area contributed by atoms with Gasteiger partial charge in [-0.3, -0.25) is 0 Å². The predicted octanol–water partition coefficient (Wildman–Crippen LogP) is 3.91. The smallest absolute Gasteiger partial charge is 0.182 e. The lowest BCUT2D eigenvalue weighted by Gasteiger charge is -2.22. The summed E-state index contributed by atoms with van der Waals surface area (Å²) in [4.78, 5) is 0.793. The molecule has 3 heteroatoms. The van der Waals surface area contributed by atoms with Gasteiger partial charge in [-0.25, -0.2) is 0 Å². The highest BCUT2D eigenvalue weighted by molar-refractivity contribution is 7.90. The van der Waals surface area contributed by atoms with Gasteiger partial charge in [-0.1, -0.05) is 41.9 Å². The molecular weight excluding hydrogens is 242 g/mol. The predicted molar refractivity (Wildman–Crippen MR) is 77.2 cm³/mol. The molecule has 2 rings (SSSR count). The van der Waals surface area contributed by atoms with Gasteiger partial charge in [-0.15, -0.1) is 0 Å². The Bertz CT molecular complexity index is 393. The van der Waals surface area contributed by atoms with Crippen molar-refractivity contribution < 1.29 is 4.55 Å². The van der Waals surface area contributed by atoms with Crippen molar-refractivity contribution in [2.75, 3.05) is 0 Å². The van der Waals surface area contributed by atoms with Crippen molar-refractivity contribution >= 4 is 17.6 Å². The summed E-state index contributed by atoms with van der Waals surface area (Å²) in [5, 5.41) is 0. The second-order valence-electron chi connectivity index (χ2n) is 5.34. The first-order chi connectivity index (χ1) is 8.65. The van der Waals surface area contributed by atoms with Crippen molar-refractivity contribution in [2.24, 2.45) is 16.2 Å². The first-order valence-corrected chi connectivity index (χ1v) is 7.78. The molecule has 1 aromatic carbocycles. The molecule has 0 amide bonds. The molecule has 0 bridgehead atoms. The van der Waals surface area contributed by atoms with Gasteiger partial charge in [0.25, 0.3) is 0 Å². The Morgan fingerprint density at radius 2 is 1.78 bits per heavy atom. The third kappa shape index (κ3) is 3.85.